The van der Waals surface area contributed by atoms with Crippen molar-refractivity contribution in [2.24, 2.45) is 0 Å². The first-order chi connectivity index (χ1) is 17.0. The molecule has 0 fully saturated rings. The number of likely N-dealkylation sites (N-methyl/N-ethyl adjacent to an activating group) is 1. The minimum atomic E-state index is -0.970. The summed E-state index contributed by atoms with van der Waals surface area (Å²) in [5, 5.41) is 3.56. The van der Waals surface area contributed by atoms with Crippen molar-refractivity contribution < 1.29 is 23.8 Å². The Balaban J connectivity index is 1.62. The fourth-order valence-electron chi connectivity index (χ4n) is 4.37. The number of anilines is 1. The van der Waals surface area contributed by atoms with E-state index >= 15 is 0 Å². The highest BCUT2D eigenvalue weighted by atomic mass is 16.5. The summed E-state index contributed by atoms with van der Waals surface area (Å²) in [5.41, 5.74) is 3.52. The van der Waals surface area contributed by atoms with Crippen LogP contribution in [-0.4, -0.2) is 55.2 Å². The van der Waals surface area contributed by atoms with E-state index in [-0.39, 0.29) is 0 Å². The standard InChI is InChI=1S/C27H31N3O5/c1-5-23(26(31)29-22-12-11-17(33-3)15-24(22)34-4)35-27(32)25-18-9-7-8-10-20(18)28-21-13-14-30(6-2)16-19(21)25/h7-12,15,23H,5-6,13-14,16H2,1-4H3,(H,29,31). The summed E-state index contributed by atoms with van der Waals surface area (Å²) in [6.07, 6.45) is 0.119. The lowest BCUT2D eigenvalue weighted by Gasteiger charge is -2.29. The van der Waals surface area contributed by atoms with Crippen LogP contribution in [0.25, 0.3) is 10.9 Å². The fraction of sp³-hybridized carbons (Fsp3) is 0.370. The fourth-order valence-corrected chi connectivity index (χ4v) is 4.37. The van der Waals surface area contributed by atoms with Gasteiger partial charge in [-0.15, -0.1) is 0 Å². The Kier molecular flexibility index (Phi) is 7.51. The third kappa shape index (κ3) is 5.07. The lowest BCUT2D eigenvalue weighted by atomic mass is 9.95. The Morgan fingerprint density at radius 1 is 1.11 bits per heavy atom. The topological polar surface area (TPSA) is 90.0 Å². The smallest absolute Gasteiger partial charge is 0.340 e. The second-order valence-corrected chi connectivity index (χ2v) is 8.41. The Morgan fingerprint density at radius 2 is 1.91 bits per heavy atom. The number of hydrogen-bond donors (Lipinski definition) is 1. The van der Waals surface area contributed by atoms with E-state index in [1.807, 2.05) is 31.2 Å². The summed E-state index contributed by atoms with van der Waals surface area (Å²) >= 11 is 0. The van der Waals surface area contributed by atoms with E-state index in [0.29, 0.717) is 35.7 Å². The third-order valence-electron chi connectivity index (χ3n) is 6.36. The molecular weight excluding hydrogens is 446 g/mol. The highest BCUT2D eigenvalue weighted by Crippen LogP contribution is 2.31. The number of carbonyl (C=O) groups excluding carboxylic acids is 2. The number of amides is 1. The number of nitrogens with zero attached hydrogens (tertiary/aromatic N) is 2. The molecule has 1 aliphatic heterocycles. The van der Waals surface area contributed by atoms with Gasteiger partial charge in [-0.25, -0.2) is 4.79 Å². The minimum absolute atomic E-state index is 0.322. The van der Waals surface area contributed by atoms with Crippen molar-refractivity contribution >= 4 is 28.5 Å². The molecule has 1 unspecified atom stereocenters. The van der Waals surface area contributed by atoms with Gasteiger partial charge in [-0.05, 0) is 31.2 Å². The van der Waals surface area contributed by atoms with Crippen molar-refractivity contribution in [2.75, 3.05) is 32.6 Å². The number of hydrogen-bond acceptors (Lipinski definition) is 7. The molecule has 1 N–H and O–H groups in total. The summed E-state index contributed by atoms with van der Waals surface area (Å²) in [6.45, 7) is 6.31. The maximum Gasteiger partial charge on any atom is 0.340 e. The molecule has 0 radical (unpaired) electrons. The summed E-state index contributed by atoms with van der Waals surface area (Å²) in [4.78, 5) is 33.7. The lowest BCUT2D eigenvalue weighted by molar-refractivity contribution is -0.124. The molecule has 0 saturated carbocycles. The van der Waals surface area contributed by atoms with Crippen LogP contribution in [-0.2, 0) is 22.5 Å². The molecule has 3 aromatic rings. The summed E-state index contributed by atoms with van der Waals surface area (Å²) in [7, 11) is 3.07. The van der Waals surface area contributed by atoms with Crippen LogP contribution < -0.4 is 14.8 Å². The number of aromatic nitrogens is 1. The molecule has 0 aliphatic carbocycles. The van der Waals surface area contributed by atoms with Crippen molar-refractivity contribution in [3.63, 3.8) is 0 Å². The normalized spacial score (nSPS) is 14.2. The number of pyridine rings is 1. The Bertz CT molecular complexity index is 1240. The van der Waals surface area contributed by atoms with Gasteiger partial charge < -0.3 is 19.5 Å². The maximum atomic E-state index is 13.6. The van der Waals surface area contributed by atoms with Crippen LogP contribution in [0.4, 0.5) is 5.69 Å². The van der Waals surface area contributed by atoms with Crippen molar-refractivity contribution in [2.45, 2.75) is 39.3 Å². The second-order valence-electron chi connectivity index (χ2n) is 8.41. The molecule has 184 valence electrons. The zero-order valence-electron chi connectivity index (χ0n) is 20.6. The van der Waals surface area contributed by atoms with Crippen LogP contribution in [0.1, 0.15) is 41.9 Å². The largest absolute Gasteiger partial charge is 0.497 e. The molecule has 0 bridgehead atoms. The van der Waals surface area contributed by atoms with E-state index in [1.165, 1.54) is 7.11 Å². The van der Waals surface area contributed by atoms with Crippen LogP contribution in [0.3, 0.4) is 0 Å². The van der Waals surface area contributed by atoms with Gasteiger partial charge in [0.25, 0.3) is 5.91 Å². The second kappa shape index (κ2) is 10.7. The van der Waals surface area contributed by atoms with Crippen molar-refractivity contribution in [1.29, 1.82) is 0 Å². The van der Waals surface area contributed by atoms with E-state index in [4.69, 9.17) is 19.2 Å². The monoisotopic (exact) mass is 477 g/mol. The lowest BCUT2D eigenvalue weighted by Crippen LogP contribution is -2.35. The Morgan fingerprint density at radius 3 is 2.63 bits per heavy atom. The zero-order valence-corrected chi connectivity index (χ0v) is 20.6. The van der Waals surface area contributed by atoms with Crippen molar-refractivity contribution in [3.8, 4) is 11.5 Å². The van der Waals surface area contributed by atoms with Gasteiger partial charge in [0.2, 0.25) is 0 Å². The number of methoxy groups -OCH3 is 2. The Hall–Kier alpha value is -3.65. The quantitative estimate of drug-likeness (QED) is 0.486. The van der Waals surface area contributed by atoms with Gasteiger partial charge in [-0.1, -0.05) is 32.0 Å². The number of para-hydroxylation sites is 1. The van der Waals surface area contributed by atoms with Crippen LogP contribution in [0, 0.1) is 0 Å². The van der Waals surface area contributed by atoms with E-state index in [0.717, 1.165) is 41.7 Å². The maximum absolute atomic E-state index is 13.6. The summed E-state index contributed by atoms with van der Waals surface area (Å²) < 4.78 is 16.4. The number of esters is 1. The molecule has 35 heavy (non-hydrogen) atoms. The first kappa shape index (κ1) is 24.5. The van der Waals surface area contributed by atoms with Crippen LogP contribution in [0.5, 0.6) is 11.5 Å². The first-order valence-corrected chi connectivity index (χ1v) is 11.9. The predicted octanol–water partition coefficient (Wildman–Crippen LogP) is 4.20. The highest BCUT2D eigenvalue weighted by molar-refractivity contribution is 6.06. The zero-order chi connectivity index (χ0) is 24.9. The van der Waals surface area contributed by atoms with Crippen LogP contribution in [0.2, 0.25) is 0 Å². The van der Waals surface area contributed by atoms with Crippen molar-refractivity contribution in [1.82, 2.24) is 9.88 Å². The van der Waals surface area contributed by atoms with Gasteiger partial charge in [-0.2, -0.15) is 0 Å². The van der Waals surface area contributed by atoms with Gasteiger partial charge in [0.1, 0.15) is 11.5 Å². The van der Waals surface area contributed by atoms with Gasteiger partial charge in [0, 0.05) is 42.2 Å². The average Bonchev–Trinajstić information content (AvgIpc) is 2.89. The number of fused-ring (bicyclic) bond motifs is 2. The Labute approximate surface area is 205 Å². The van der Waals surface area contributed by atoms with E-state index in [9.17, 15) is 9.59 Å². The summed E-state index contributed by atoms with van der Waals surface area (Å²) in [5.74, 6) is 0.120. The number of rotatable bonds is 8. The summed E-state index contributed by atoms with van der Waals surface area (Å²) in [6, 6.07) is 12.7. The number of carbonyl (C=O) groups is 2. The van der Waals surface area contributed by atoms with E-state index in [2.05, 4.69) is 17.1 Å². The third-order valence-corrected chi connectivity index (χ3v) is 6.36. The highest BCUT2D eigenvalue weighted by Gasteiger charge is 2.29. The molecule has 0 saturated heterocycles. The number of ether oxygens (including phenoxy) is 3. The molecule has 0 spiro atoms. The molecule has 1 amide bonds. The molecule has 8 heteroatoms. The molecule has 4 rings (SSSR count). The minimum Gasteiger partial charge on any atom is -0.497 e. The molecule has 1 aromatic heterocycles. The first-order valence-electron chi connectivity index (χ1n) is 11.9. The van der Waals surface area contributed by atoms with Crippen LogP contribution in [0.15, 0.2) is 42.5 Å². The van der Waals surface area contributed by atoms with Gasteiger partial charge >= 0.3 is 5.97 Å². The van der Waals surface area contributed by atoms with Gasteiger partial charge in [0.05, 0.1) is 31.0 Å². The average molecular weight is 478 g/mol. The molecule has 1 aliphatic rings. The van der Waals surface area contributed by atoms with Gasteiger partial charge in [-0.3, -0.25) is 14.7 Å². The molecule has 8 nitrogen and oxygen atoms in total. The molecular formula is C27H31N3O5. The number of nitrogens with one attached hydrogen (secondary N) is 1. The van der Waals surface area contributed by atoms with E-state index < -0.39 is 18.0 Å². The predicted molar refractivity (Wildman–Crippen MR) is 134 cm³/mol. The SMILES string of the molecule is CCC(OC(=O)c1c2c(nc3ccccc13)CCN(CC)C2)C(=O)Nc1ccc(OC)cc1OC. The molecule has 2 heterocycles. The van der Waals surface area contributed by atoms with Gasteiger partial charge in [0.15, 0.2) is 6.10 Å². The number of benzene rings is 2. The van der Waals surface area contributed by atoms with E-state index in [1.54, 1.807) is 25.3 Å². The van der Waals surface area contributed by atoms with Crippen molar-refractivity contribution in [3.05, 3.63) is 59.3 Å². The molecule has 2 aromatic carbocycles. The van der Waals surface area contributed by atoms with Crippen LogP contribution >= 0.6 is 0 Å². The molecule has 1 atom stereocenters.